The summed E-state index contributed by atoms with van der Waals surface area (Å²) in [6.45, 7) is 5.24. The maximum Gasteiger partial charge on any atom is 0.270 e. The summed E-state index contributed by atoms with van der Waals surface area (Å²) in [5, 5.41) is 15.8. The summed E-state index contributed by atoms with van der Waals surface area (Å²) in [4.78, 5) is 21.1. The molecule has 1 N–H and O–H groups in total. The largest absolute Gasteiger partial charge is 0.381 e. The van der Waals surface area contributed by atoms with Crippen LogP contribution < -0.4 is 5.32 Å². The summed E-state index contributed by atoms with van der Waals surface area (Å²) in [7, 11) is 0. The summed E-state index contributed by atoms with van der Waals surface area (Å²) in [5.41, 5.74) is 0.644. The molecule has 1 fully saturated rings. The zero-order valence-corrected chi connectivity index (χ0v) is 14.8. The number of hydrogen-bond donors (Lipinski definition) is 1. The van der Waals surface area contributed by atoms with Gasteiger partial charge in [-0.3, -0.25) is 4.79 Å². The Morgan fingerprint density at radius 1 is 1.35 bits per heavy atom. The molecule has 1 atom stereocenters. The van der Waals surface area contributed by atoms with Crippen molar-refractivity contribution in [1.82, 2.24) is 20.4 Å². The first-order chi connectivity index (χ1) is 12.6. The summed E-state index contributed by atoms with van der Waals surface area (Å²) >= 11 is 0. The fraction of sp³-hybridized carbons (Fsp3) is 0.500. The fourth-order valence-electron chi connectivity index (χ4n) is 2.85. The van der Waals surface area contributed by atoms with Gasteiger partial charge in [-0.1, -0.05) is 19.0 Å². The number of pyridine rings is 1. The fourth-order valence-corrected chi connectivity index (χ4v) is 2.85. The molecule has 0 spiro atoms. The van der Waals surface area contributed by atoms with Crippen LogP contribution in [0.15, 0.2) is 22.9 Å². The van der Waals surface area contributed by atoms with Crippen LogP contribution in [0.5, 0.6) is 0 Å². The second-order valence-corrected chi connectivity index (χ2v) is 6.59. The van der Waals surface area contributed by atoms with Gasteiger partial charge < -0.3 is 14.6 Å². The van der Waals surface area contributed by atoms with Crippen molar-refractivity contribution in [2.45, 2.75) is 38.6 Å². The average Bonchev–Trinajstić information content (AvgIpc) is 3.17. The lowest BCUT2D eigenvalue weighted by atomic mass is 9.91. The Morgan fingerprint density at radius 2 is 2.12 bits per heavy atom. The molecule has 1 aliphatic heterocycles. The highest BCUT2D eigenvalue weighted by Crippen LogP contribution is 2.30. The van der Waals surface area contributed by atoms with Crippen LogP contribution in [0.1, 0.15) is 66.4 Å². The average molecular weight is 355 g/mol. The quantitative estimate of drug-likeness (QED) is 0.875. The van der Waals surface area contributed by atoms with Gasteiger partial charge in [-0.2, -0.15) is 10.2 Å². The molecule has 26 heavy (non-hydrogen) atoms. The van der Waals surface area contributed by atoms with Crippen LogP contribution in [0.4, 0.5) is 0 Å². The Labute approximate surface area is 151 Å². The highest BCUT2D eigenvalue weighted by Gasteiger charge is 2.32. The summed E-state index contributed by atoms with van der Waals surface area (Å²) in [6.07, 6.45) is 2.97. The molecule has 0 saturated carbocycles. The molecular formula is C18H21N5O3. The Hall–Kier alpha value is -2.79. The van der Waals surface area contributed by atoms with E-state index in [1.807, 2.05) is 19.9 Å². The molecule has 0 unspecified atom stereocenters. The number of amides is 1. The predicted octanol–water partition coefficient (Wildman–Crippen LogP) is 2.36. The Balaban J connectivity index is 1.82. The third-order valence-electron chi connectivity index (χ3n) is 4.39. The van der Waals surface area contributed by atoms with Gasteiger partial charge in [0, 0.05) is 25.3 Å². The number of nitriles is 1. The van der Waals surface area contributed by atoms with E-state index in [9.17, 15) is 4.79 Å². The maximum atomic E-state index is 12.6. The van der Waals surface area contributed by atoms with Crippen LogP contribution in [0.3, 0.4) is 0 Å². The SMILES string of the molecule is CC(C)c1noc([C@H](NC(=O)c2ccc(C#N)cn2)C2CCOCC2)n1. The van der Waals surface area contributed by atoms with Gasteiger partial charge in [-0.25, -0.2) is 4.98 Å². The van der Waals surface area contributed by atoms with Crippen molar-refractivity contribution in [3.05, 3.63) is 41.3 Å². The minimum absolute atomic E-state index is 0.138. The Kier molecular flexibility index (Phi) is 5.58. The molecule has 0 radical (unpaired) electrons. The van der Waals surface area contributed by atoms with Gasteiger partial charge in [0.15, 0.2) is 5.82 Å². The van der Waals surface area contributed by atoms with Gasteiger partial charge in [0.1, 0.15) is 17.8 Å². The molecule has 3 heterocycles. The van der Waals surface area contributed by atoms with Gasteiger partial charge in [0.25, 0.3) is 5.91 Å². The van der Waals surface area contributed by atoms with Crippen molar-refractivity contribution in [2.75, 3.05) is 13.2 Å². The maximum absolute atomic E-state index is 12.6. The van der Waals surface area contributed by atoms with Crippen molar-refractivity contribution in [2.24, 2.45) is 5.92 Å². The van der Waals surface area contributed by atoms with Crippen LogP contribution in [0.25, 0.3) is 0 Å². The van der Waals surface area contributed by atoms with Gasteiger partial charge in [-0.05, 0) is 30.9 Å². The van der Waals surface area contributed by atoms with Crippen molar-refractivity contribution >= 4 is 5.91 Å². The lowest BCUT2D eigenvalue weighted by molar-refractivity contribution is 0.0467. The second kappa shape index (κ2) is 8.06. The van der Waals surface area contributed by atoms with E-state index in [1.54, 1.807) is 6.07 Å². The van der Waals surface area contributed by atoms with Crippen LogP contribution in [0.2, 0.25) is 0 Å². The molecule has 1 saturated heterocycles. The number of hydrogen-bond acceptors (Lipinski definition) is 7. The topological polar surface area (TPSA) is 114 Å². The monoisotopic (exact) mass is 355 g/mol. The minimum Gasteiger partial charge on any atom is -0.381 e. The minimum atomic E-state index is -0.399. The highest BCUT2D eigenvalue weighted by molar-refractivity contribution is 5.92. The molecule has 0 bridgehead atoms. The first kappa shape index (κ1) is 18.0. The molecule has 1 amide bonds. The van der Waals surface area contributed by atoms with Crippen LogP contribution >= 0.6 is 0 Å². The number of rotatable bonds is 5. The van der Waals surface area contributed by atoms with Crippen molar-refractivity contribution in [3.8, 4) is 6.07 Å². The molecule has 8 nitrogen and oxygen atoms in total. The summed E-state index contributed by atoms with van der Waals surface area (Å²) in [6, 6.07) is 4.68. The normalized spacial score (nSPS) is 16.2. The van der Waals surface area contributed by atoms with E-state index in [-0.39, 0.29) is 23.4 Å². The Morgan fingerprint density at radius 3 is 2.69 bits per heavy atom. The smallest absolute Gasteiger partial charge is 0.270 e. The van der Waals surface area contributed by atoms with E-state index in [2.05, 4.69) is 20.4 Å². The molecule has 2 aromatic rings. The predicted molar refractivity (Wildman–Crippen MR) is 91.1 cm³/mol. The van der Waals surface area contributed by atoms with Crippen molar-refractivity contribution < 1.29 is 14.1 Å². The zero-order valence-electron chi connectivity index (χ0n) is 14.8. The summed E-state index contributed by atoms with van der Waals surface area (Å²) in [5.74, 6) is 0.964. The Bertz CT molecular complexity index is 788. The molecule has 136 valence electrons. The first-order valence-corrected chi connectivity index (χ1v) is 8.66. The number of carbonyl (C=O) groups is 1. The number of ether oxygens (including phenoxy) is 1. The molecule has 1 aliphatic rings. The van der Waals surface area contributed by atoms with Gasteiger partial charge in [0.2, 0.25) is 5.89 Å². The van der Waals surface area contributed by atoms with Crippen LogP contribution in [0, 0.1) is 17.2 Å². The first-order valence-electron chi connectivity index (χ1n) is 8.66. The molecular weight excluding hydrogens is 334 g/mol. The molecule has 0 aliphatic carbocycles. The number of carbonyl (C=O) groups excluding carboxylic acids is 1. The van der Waals surface area contributed by atoms with E-state index in [4.69, 9.17) is 14.5 Å². The van der Waals surface area contributed by atoms with Crippen molar-refractivity contribution in [3.63, 3.8) is 0 Å². The van der Waals surface area contributed by atoms with Crippen LogP contribution in [-0.2, 0) is 4.74 Å². The van der Waals surface area contributed by atoms with Crippen LogP contribution in [-0.4, -0.2) is 34.2 Å². The van der Waals surface area contributed by atoms with Gasteiger partial charge >= 0.3 is 0 Å². The molecule has 8 heteroatoms. The second-order valence-electron chi connectivity index (χ2n) is 6.59. The van der Waals surface area contributed by atoms with E-state index in [0.29, 0.717) is 30.5 Å². The number of aromatic nitrogens is 3. The van der Waals surface area contributed by atoms with E-state index in [0.717, 1.165) is 12.8 Å². The number of nitrogens with zero attached hydrogens (tertiary/aromatic N) is 4. The van der Waals surface area contributed by atoms with Gasteiger partial charge in [0.05, 0.1) is 5.56 Å². The highest BCUT2D eigenvalue weighted by atomic mass is 16.5. The zero-order chi connectivity index (χ0) is 18.5. The molecule has 3 rings (SSSR count). The lowest BCUT2D eigenvalue weighted by Crippen LogP contribution is -2.36. The van der Waals surface area contributed by atoms with Crippen molar-refractivity contribution in [1.29, 1.82) is 5.26 Å². The van der Waals surface area contributed by atoms with E-state index in [1.165, 1.54) is 12.3 Å². The summed E-state index contributed by atoms with van der Waals surface area (Å²) < 4.78 is 10.9. The molecule has 2 aromatic heterocycles. The number of nitrogens with one attached hydrogen (secondary N) is 1. The molecule has 0 aromatic carbocycles. The standard InChI is InChI=1S/C18H21N5O3/c1-11(2)16-22-18(26-23-16)15(13-5-7-25-8-6-13)21-17(24)14-4-3-12(9-19)10-20-14/h3-4,10-11,13,15H,5-8H2,1-2H3,(H,21,24)/t15-/m1/s1. The van der Waals surface area contributed by atoms with Gasteiger partial charge in [-0.15, -0.1) is 0 Å². The van der Waals surface area contributed by atoms with E-state index >= 15 is 0 Å². The third kappa shape index (κ3) is 4.06. The van der Waals surface area contributed by atoms with E-state index < -0.39 is 6.04 Å². The lowest BCUT2D eigenvalue weighted by Gasteiger charge is -2.28. The third-order valence-corrected chi connectivity index (χ3v) is 4.39.